The number of hydrogen-bond acceptors (Lipinski definition) is 6. The lowest BCUT2D eigenvalue weighted by Gasteiger charge is -2.16. The van der Waals surface area contributed by atoms with Gasteiger partial charge in [-0.3, -0.25) is 4.98 Å². The van der Waals surface area contributed by atoms with Crippen molar-refractivity contribution >= 4 is 48.6 Å². The molecule has 0 aliphatic carbocycles. The minimum Gasteiger partial charge on any atom is -0.508 e. The van der Waals surface area contributed by atoms with Crippen LogP contribution in [0.3, 0.4) is 0 Å². The molecule has 0 bridgehead atoms. The van der Waals surface area contributed by atoms with Crippen molar-refractivity contribution < 1.29 is 13.5 Å². The van der Waals surface area contributed by atoms with Crippen LogP contribution in [-0.2, 0) is 16.3 Å². The molecule has 3 aromatic carbocycles. The van der Waals surface area contributed by atoms with Crippen LogP contribution in [-0.4, -0.2) is 24.3 Å². The fraction of sp³-hybridized carbons (Fsp3) is 0.0952. The van der Waals surface area contributed by atoms with E-state index in [1.54, 1.807) is 30.5 Å². The number of nitrogens with one attached hydrogen (secondary N) is 1. The van der Waals surface area contributed by atoms with Crippen LogP contribution in [0, 0.1) is 0 Å². The largest absolute Gasteiger partial charge is 0.508 e. The SMILES string of the molecule is Nc1cnc2ccc3c(c2c1Nc1cccc2ccc(O)cc12)CCS3(=O)=O. The number of pyridine rings is 1. The normalized spacial score (nSPS) is 15.0. The lowest BCUT2D eigenvalue weighted by atomic mass is 10.0. The molecular weight excluding hydrogens is 374 g/mol. The summed E-state index contributed by atoms with van der Waals surface area (Å²) in [7, 11) is -3.27. The molecule has 0 radical (unpaired) electrons. The van der Waals surface area contributed by atoms with E-state index in [2.05, 4.69) is 10.3 Å². The molecule has 140 valence electrons. The first kappa shape index (κ1) is 16.8. The Bertz CT molecular complexity index is 1380. The molecule has 0 saturated carbocycles. The summed E-state index contributed by atoms with van der Waals surface area (Å²) in [6.07, 6.45) is 2.01. The summed E-state index contributed by atoms with van der Waals surface area (Å²) in [5, 5.41) is 15.8. The average Bonchev–Trinajstić information content (AvgIpc) is 2.99. The summed E-state index contributed by atoms with van der Waals surface area (Å²) in [4.78, 5) is 4.74. The van der Waals surface area contributed by atoms with Gasteiger partial charge in [-0.1, -0.05) is 18.2 Å². The Balaban J connectivity index is 1.78. The highest BCUT2D eigenvalue weighted by Gasteiger charge is 2.29. The molecule has 6 nitrogen and oxygen atoms in total. The van der Waals surface area contributed by atoms with Crippen molar-refractivity contribution in [3.63, 3.8) is 0 Å². The van der Waals surface area contributed by atoms with Crippen LogP contribution in [0.2, 0.25) is 0 Å². The van der Waals surface area contributed by atoms with E-state index in [0.29, 0.717) is 28.2 Å². The lowest BCUT2D eigenvalue weighted by molar-refractivity contribution is 0.476. The summed E-state index contributed by atoms with van der Waals surface area (Å²) in [5.41, 5.74) is 9.53. The number of sulfone groups is 1. The second-order valence-corrected chi connectivity index (χ2v) is 9.01. The molecule has 0 saturated heterocycles. The highest BCUT2D eigenvalue weighted by atomic mass is 32.2. The zero-order chi connectivity index (χ0) is 19.5. The molecule has 4 N–H and O–H groups in total. The number of aryl methyl sites for hydroxylation is 1. The maximum Gasteiger partial charge on any atom is 0.179 e. The molecule has 0 atom stereocenters. The Morgan fingerprint density at radius 3 is 2.82 bits per heavy atom. The predicted octanol–water partition coefficient (Wildman–Crippen LogP) is 3.75. The predicted molar refractivity (Wildman–Crippen MR) is 111 cm³/mol. The fourth-order valence-corrected chi connectivity index (χ4v) is 5.42. The van der Waals surface area contributed by atoms with Gasteiger partial charge in [0, 0.05) is 16.5 Å². The highest BCUT2D eigenvalue weighted by molar-refractivity contribution is 7.91. The molecule has 1 aliphatic heterocycles. The molecule has 0 amide bonds. The molecule has 7 heteroatoms. The first-order chi connectivity index (χ1) is 13.4. The minimum absolute atomic E-state index is 0.0951. The van der Waals surface area contributed by atoms with Crippen molar-refractivity contribution in [3.8, 4) is 5.75 Å². The van der Waals surface area contributed by atoms with Gasteiger partial charge in [0.15, 0.2) is 9.84 Å². The van der Waals surface area contributed by atoms with Crippen LogP contribution in [0.4, 0.5) is 17.1 Å². The smallest absolute Gasteiger partial charge is 0.179 e. The molecule has 2 heterocycles. The molecule has 0 spiro atoms. The van der Waals surface area contributed by atoms with E-state index in [1.807, 2.05) is 24.3 Å². The number of rotatable bonds is 2. The third-order valence-electron chi connectivity index (χ3n) is 5.21. The van der Waals surface area contributed by atoms with Crippen LogP contribution in [0.15, 0.2) is 59.6 Å². The van der Waals surface area contributed by atoms with Gasteiger partial charge in [0.25, 0.3) is 0 Å². The van der Waals surface area contributed by atoms with Gasteiger partial charge in [-0.05, 0) is 47.7 Å². The fourth-order valence-electron chi connectivity index (χ4n) is 3.88. The Morgan fingerprint density at radius 1 is 1.11 bits per heavy atom. The van der Waals surface area contributed by atoms with E-state index in [0.717, 1.165) is 27.4 Å². The monoisotopic (exact) mass is 391 g/mol. The van der Waals surface area contributed by atoms with Crippen molar-refractivity contribution in [2.45, 2.75) is 11.3 Å². The molecule has 0 fully saturated rings. The van der Waals surface area contributed by atoms with Crippen LogP contribution in [0.5, 0.6) is 5.75 Å². The van der Waals surface area contributed by atoms with Gasteiger partial charge in [-0.15, -0.1) is 0 Å². The second kappa shape index (κ2) is 5.84. The van der Waals surface area contributed by atoms with Gasteiger partial charge in [-0.25, -0.2) is 8.42 Å². The van der Waals surface area contributed by atoms with Gasteiger partial charge in [0.05, 0.1) is 33.7 Å². The maximum atomic E-state index is 12.4. The molecular formula is C21H17N3O3S. The molecule has 0 unspecified atom stereocenters. The zero-order valence-electron chi connectivity index (χ0n) is 14.8. The molecule has 1 aliphatic rings. The topological polar surface area (TPSA) is 105 Å². The number of phenols is 1. The molecule has 28 heavy (non-hydrogen) atoms. The average molecular weight is 391 g/mol. The number of nitrogen functional groups attached to an aromatic ring is 1. The van der Waals surface area contributed by atoms with E-state index in [1.165, 1.54) is 0 Å². The Labute approximate surface area is 161 Å². The summed E-state index contributed by atoms with van der Waals surface area (Å²) in [5.74, 6) is 0.263. The number of phenolic OH excluding ortho intramolecular Hbond substituents is 1. The Kier molecular flexibility index (Phi) is 3.51. The zero-order valence-corrected chi connectivity index (χ0v) is 15.6. The first-order valence-corrected chi connectivity index (χ1v) is 10.5. The van der Waals surface area contributed by atoms with Gasteiger partial charge in [-0.2, -0.15) is 0 Å². The van der Waals surface area contributed by atoms with Gasteiger partial charge in [0.2, 0.25) is 0 Å². The molecule has 5 rings (SSSR count). The molecule has 1 aromatic heterocycles. The number of aromatic nitrogens is 1. The van der Waals surface area contributed by atoms with Crippen molar-refractivity contribution in [1.82, 2.24) is 4.98 Å². The number of fused-ring (bicyclic) bond motifs is 4. The van der Waals surface area contributed by atoms with E-state index >= 15 is 0 Å². The number of aromatic hydroxyl groups is 1. The maximum absolute atomic E-state index is 12.4. The van der Waals surface area contributed by atoms with Crippen LogP contribution >= 0.6 is 0 Å². The third kappa shape index (κ3) is 2.47. The number of nitrogens with two attached hydrogens (primary N) is 1. The standard InChI is InChI=1S/C21H17N3O3S/c22-16-11-23-18-6-7-19-14(8-9-28(19,26)27)20(18)21(16)24-17-3-1-2-12-4-5-13(25)10-15(12)17/h1-7,10-11,25H,8-9,22H2,(H,23,24). The minimum atomic E-state index is -3.27. The third-order valence-corrected chi connectivity index (χ3v) is 7.00. The Morgan fingerprint density at radius 2 is 1.96 bits per heavy atom. The number of nitrogens with zero attached hydrogens (tertiary/aromatic N) is 1. The van der Waals surface area contributed by atoms with E-state index < -0.39 is 9.84 Å². The summed E-state index contributed by atoms with van der Waals surface area (Å²) in [6, 6.07) is 14.3. The van der Waals surface area contributed by atoms with Crippen molar-refractivity contribution in [2.75, 3.05) is 16.8 Å². The summed E-state index contributed by atoms with van der Waals surface area (Å²) in [6.45, 7) is 0. The summed E-state index contributed by atoms with van der Waals surface area (Å²) < 4.78 is 24.7. The number of benzene rings is 3. The van der Waals surface area contributed by atoms with Crippen LogP contribution in [0.25, 0.3) is 21.7 Å². The van der Waals surface area contributed by atoms with Crippen LogP contribution < -0.4 is 11.1 Å². The van der Waals surface area contributed by atoms with Crippen molar-refractivity contribution in [2.24, 2.45) is 0 Å². The van der Waals surface area contributed by atoms with E-state index in [9.17, 15) is 13.5 Å². The number of anilines is 3. The van der Waals surface area contributed by atoms with Crippen molar-refractivity contribution in [3.05, 3.63) is 60.3 Å². The van der Waals surface area contributed by atoms with Crippen LogP contribution in [0.1, 0.15) is 5.56 Å². The van der Waals surface area contributed by atoms with Gasteiger partial charge < -0.3 is 16.2 Å². The Hall–Kier alpha value is -3.32. The first-order valence-electron chi connectivity index (χ1n) is 8.86. The summed E-state index contributed by atoms with van der Waals surface area (Å²) >= 11 is 0. The second-order valence-electron chi connectivity index (χ2n) is 6.93. The van der Waals surface area contributed by atoms with Crippen molar-refractivity contribution in [1.29, 1.82) is 0 Å². The van der Waals surface area contributed by atoms with Gasteiger partial charge >= 0.3 is 0 Å². The lowest BCUT2D eigenvalue weighted by Crippen LogP contribution is -2.02. The number of hydrogen-bond donors (Lipinski definition) is 3. The highest BCUT2D eigenvalue weighted by Crippen LogP contribution is 2.40. The molecule has 4 aromatic rings. The van der Waals surface area contributed by atoms with E-state index in [-0.39, 0.29) is 11.5 Å². The quantitative estimate of drug-likeness (QED) is 0.481. The van der Waals surface area contributed by atoms with Gasteiger partial charge in [0.1, 0.15) is 5.75 Å². The van der Waals surface area contributed by atoms with E-state index in [4.69, 9.17) is 5.73 Å².